The van der Waals surface area contributed by atoms with Crippen molar-refractivity contribution in [2.45, 2.75) is 26.5 Å². The maximum Gasteiger partial charge on any atom is 0.339 e. The molecule has 0 aliphatic carbocycles. The molecular weight excluding hydrogens is 378 g/mol. The van der Waals surface area contributed by atoms with Crippen molar-refractivity contribution in [1.82, 2.24) is 5.32 Å². The summed E-state index contributed by atoms with van der Waals surface area (Å²) >= 11 is 0. The SMILES string of the molecule is CCOc1ccc(C(=O)OC(C)C(=O)NCc2ccc3c(c2)OCO3)cc1OC. The molecule has 1 heterocycles. The van der Waals surface area contributed by atoms with E-state index in [0.717, 1.165) is 5.56 Å². The number of nitrogens with one attached hydrogen (secondary N) is 1. The van der Waals surface area contributed by atoms with E-state index in [2.05, 4.69) is 5.32 Å². The lowest BCUT2D eigenvalue weighted by Crippen LogP contribution is -2.35. The van der Waals surface area contributed by atoms with Gasteiger partial charge in [0.2, 0.25) is 6.79 Å². The molecule has 1 unspecified atom stereocenters. The molecule has 0 spiro atoms. The van der Waals surface area contributed by atoms with Gasteiger partial charge in [0, 0.05) is 6.54 Å². The highest BCUT2D eigenvalue weighted by Crippen LogP contribution is 2.32. The van der Waals surface area contributed by atoms with Crippen LogP contribution in [-0.4, -0.2) is 38.5 Å². The summed E-state index contributed by atoms with van der Waals surface area (Å²) in [5.41, 5.74) is 1.11. The van der Waals surface area contributed by atoms with Crippen molar-refractivity contribution in [3.8, 4) is 23.0 Å². The van der Waals surface area contributed by atoms with E-state index in [4.69, 9.17) is 23.7 Å². The van der Waals surface area contributed by atoms with Crippen molar-refractivity contribution in [1.29, 1.82) is 0 Å². The summed E-state index contributed by atoms with van der Waals surface area (Å²) in [5, 5.41) is 2.74. The summed E-state index contributed by atoms with van der Waals surface area (Å²) in [7, 11) is 1.49. The Labute approximate surface area is 168 Å². The van der Waals surface area contributed by atoms with E-state index in [0.29, 0.717) is 29.6 Å². The average Bonchev–Trinajstić information content (AvgIpc) is 3.20. The summed E-state index contributed by atoms with van der Waals surface area (Å²) < 4.78 is 26.5. The number of carbonyl (C=O) groups excluding carboxylic acids is 2. The van der Waals surface area contributed by atoms with Crippen LogP contribution < -0.4 is 24.3 Å². The molecule has 1 amide bonds. The normalized spacial score (nSPS) is 12.8. The summed E-state index contributed by atoms with van der Waals surface area (Å²) in [6.45, 7) is 4.30. The number of benzene rings is 2. The standard InChI is InChI=1S/C21H23NO7/c1-4-26-16-8-6-15(10-18(16)25-3)21(24)29-13(2)20(23)22-11-14-5-7-17-19(9-14)28-12-27-17/h5-10,13H,4,11-12H2,1-3H3,(H,22,23). The lowest BCUT2D eigenvalue weighted by Gasteiger charge is -2.15. The molecule has 8 heteroatoms. The number of hydrogen-bond donors (Lipinski definition) is 1. The van der Waals surface area contributed by atoms with E-state index in [9.17, 15) is 9.59 Å². The molecule has 1 atom stereocenters. The first-order chi connectivity index (χ1) is 14.0. The van der Waals surface area contributed by atoms with Crippen molar-refractivity contribution in [3.05, 3.63) is 47.5 Å². The van der Waals surface area contributed by atoms with Gasteiger partial charge in [-0.05, 0) is 49.7 Å². The maximum absolute atomic E-state index is 12.4. The van der Waals surface area contributed by atoms with Crippen LogP contribution in [0.3, 0.4) is 0 Å². The Bertz CT molecular complexity index is 897. The van der Waals surface area contributed by atoms with Gasteiger partial charge >= 0.3 is 5.97 Å². The van der Waals surface area contributed by atoms with Crippen molar-refractivity contribution in [3.63, 3.8) is 0 Å². The van der Waals surface area contributed by atoms with Gasteiger partial charge in [-0.2, -0.15) is 0 Å². The third kappa shape index (κ3) is 4.90. The lowest BCUT2D eigenvalue weighted by molar-refractivity contribution is -0.129. The predicted molar refractivity (Wildman–Crippen MR) is 103 cm³/mol. The van der Waals surface area contributed by atoms with Crippen LogP contribution in [0.15, 0.2) is 36.4 Å². The molecule has 1 aliphatic rings. The van der Waals surface area contributed by atoms with Gasteiger partial charge in [-0.25, -0.2) is 4.79 Å². The maximum atomic E-state index is 12.4. The summed E-state index contributed by atoms with van der Waals surface area (Å²) in [4.78, 5) is 24.7. The summed E-state index contributed by atoms with van der Waals surface area (Å²) in [6.07, 6.45) is -0.964. The highest BCUT2D eigenvalue weighted by atomic mass is 16.7. The zero-order valence-corrected chi connectivity index (χ0v) is 16.5. The van der Waals surface area contributed by atoms with Crippen LogP contribution >= 0.6 is 0 Å². The molecule has 1 N–H and O–H groups in total. The summed E-state index contributed by atoms with van der Waals surface area (Å²) in [6, 6.07) is 10.1. The smallest absolute Gasteiger partial charge is 0.339 e. The van der Waals surface area contributed by atoms with E-state index in [1.807, 2.05) is 13.0 Å². The molecule has 2 aromatic carbocycles. The predicted octanol–water partition coefficient (Wildman–Crippen LogP) is 2.68. The van der Waals surface area contributed by atoms with Gasteiger partial charge in [-0.15, -0.1) is 0 Å². The number of carbonyl (C=O) groups is 2. The zero-order chi connectivity index (χ0) is 20.8. The second-order valence-electron chi connectivity index (χ2n) is 6.25. The minimum absolute atomic E-state index is 0.189. The van der Waals surface area contributed by atoms with Crippen molar-refractivity contribution < 1.29 is 33.3 Å². The Kier molecular flexibility index (Phi) is 6.43. The average molecular weight is 401 g/mol. The monoisotopic (exact) mass is 401 g/mol. The van der Waals surface area contributed by atoms with Crippen LogP contribution in [0.1, 0.15) is 29.8 Å². The van der Waals surface area contributed by atoms with Gasteiger partial charge in [0.15, 0.2) is 29.1 Å². The van der Waals surface area contributed by atoms with Gasteiger partial charge in [-0.3, -0.25) is 4.79 Å². The molecule has 1 aliphatic heterocycles. The second kappa shape index (κ2) is 9.18. The molecule has 0 radical (unpaired) electrons. The van der Waals surface area contributed by atoms with Crippen molar-refractivity contribution >= 4 is 11.9 Å². The molecule has 154 valence electrons. The van der Waals surface area contributed by atoms with Gasteiger partial charge in [0.05, 0.1) is 19.3 Å². The van der Waals surface area contributed by atoms with E-state index in [1.54, 1.807) is 24.3 Å². The minimum atomic E-state index is -0.964. The fourth-order valence-corrected chi connectivity index (χ4v) is 2.74. The molecule has 8 nitrogen and oxygen atoms in total. The number of amides is 1. The fourth-order valence-electron chi connectivity index (χ4n) is 2.74. The van der Waals surface area contributed by atoms with Crippen LogP contribution in [0.25, 0.3) is 0 Å². The number of rotatable bonds is 8. The lowest BCUT2D eigenvalue weighted by atomic mass is 10.2. The Morgan fingerprint density at radius 3 is 2.66 bits per heavy atom. The number of ether oxygens (including phenoxy) is 5. The summed E-state index contributed by atoms with van der Waals surface area (Å²) in [5.74, 6) is 1.22. The Balaban J connectivity index is 1.55. The van der Waals surface area contributed by atoms with E-state index < -0.39 is 18.0 Å². The topological polar surface area (TPSA) is 92.3 Å². The number of esters is 1. The van der Waals surface area contributed by atoms with Crippen LogP contribution in [0.5, 0.6) is 23.0 Å². The molecule has 3 rings (SSSR count). The fraction of sp³-hybridized carbons (Fsp3) is 0.333. The van der Waals surface area contributed by atoms with Crippen LogP contribution in [0.4, 0.5) is 0 Å². The van der Waals surface area contributed by atoms with E-state index >= 15 is 0 Å². The molecule has 0 bridgehead atoms. The third-order valence-electron chi connectivity index (χ3n) is 4.26. The highest BCUT2D eigenvalue weighted by molar-refractivity contribution is 5.92. The number of methoxy groups -OCH3 is 1. The molecule has 0 aromatic heterocycles. The second-order valence-corrected chi connectivity index (χ2v) is 6.25. The first kappa shape index (κ1) is 20.3. The van der Waals surface area contributed by atoms with Gasteiger partial charge in [-0.1, -0.05) is 6.07 Å². The van der Waals surface area contributed by atoms with Gasteiger partial charge in [0.25, 0.3) is 5.91 Å². The van der Waals surface area contributed by atoms with E-state index in [-0.39, 0.29) is 18.9 Å². The molecule has 0 saturated heterocycles. The van der Waals surface area contributed by atoms with Crippen LogP contribution in [-0.2, 0) is 16.1 Å². The first-order valence-electron chi connectivity index (χ1n) is 9.20. The van der Waals surface area contributed by atoms with Gasteiger partial charge in [0.1, 0.15) is 0 Å². The molecule has 29 heavy (non-hydrogen) atoms. The van der Waals surface area contributed by atoms with Crippen molar-refractivity contribution in [2.24, 2.45) is 0 Å². The Morgan fingerprint density at radius 1 is 1.10 bits per heavy atom. The molecule has 2 aromatic rings. The number of fused-ring (bicyclic) bond motifs is 1. The van der Waals surface area contributed by atoms with Crippen LogP contribution in [0.2, 0.25) is 0 Å². The zero-order valence-electron chi connectivity index (χ0n) is 16.5. The first-order valence-corrected chi connectivity index (χ1v) is 9.20. The largest absolute Gasteiger partial charge is 0.493 e. The van der Waals surface area contributed by atoms with Crippen molar-refractivity contribution in [2.75, 3.05) is 20.5 Å². The third-order valence-corrected chi connectivity index (χ3v) is 4.26. The quantitative estimate of drug-likeness (QED) is 0.680. The number of hydrogen-bond acceptors (Lipinski definition) is 7. The molecule has 0 saturated carbocycles. The van der Waals surface area contributed by atoms with Crippen LogP contribution in [0, 0.1) is 0 Å². The van der Waals surface area contributed by atoms with Gasteiger partial charge < -0.3 is 29.0 Å². The van der Waals surface area contributed by atoms with E-state index in [1.165, 1.54) is 20.1 Å². The Morgan fingerprint density at radius 2 is 1.90 bits per heavy atom. The molecular formula is C21H23NO7. The Hall–Kier alpha value is -3.42. The minimum Gasteiger partial charge on any atom is -0.493 e. The highest BCUT2D eigenvalue weighted by Gasteiger charge is 2.20. The molecule has 0 fully saturated rings.